The molecule has 174 valence electrons. The first-order chi connectivity index (χ1) is 15.4. The molecular formula is C23H30N2O6S. The Morgan fingerprint density at radius 3 is 2.31 bits per heavy atom. The molecule has 0 unspecified atom stereocenters. The normalized spacial score (nSPS) is 11.9. The van der Waals surface area contributed by atoms with Gasteiger partial charge in [0.05, 0.1) is 30.4 Å². The zero-order chi connectivity index (χ0) is 23.2. The average molecular weight is 463 g/mol. The summed E-state index contributed by atoms with van der Waals surface area (Å²) in [4.78, 5) is 14.4. The summed E-state index contributed by atoms with van der Waals surface area (Å²) in [5.41, 5.74) is 2.28. The summed E-state index contributed by atoms with van der Waals surface area (Å²) in [7, 11) is -2.21. The lowest BCUT2D eigenvalue weighted by Crippen LogP contribution is -2.21. The second kappa shape index (κ2) is 13.6. The summed E-state index contributed by atoms with van der Waals surface area (Å²) < 4.78 is 40.4. The van der Waals surface area contributed by atoms with Crippen molar-refractivity contribution in [2.24, 2.45) is 5.10 Å². The second-order valence-electron chi connectivity index (χ2n) is 7.01. The Bertz CT molecular complexity index is 960. The van der Waals surface area contributed by atoms with Gasteiger partial charge in [-0.2, -0.15) is 18.4 Å². The highest BCUT2D eigenvalue weighted by atomic mass is 32.2. The summed E-state index contributed by atoms with van der Waals surface area (Å²) in [5.74, 6) is -0.340. The molecular weight excluding hydrogens is 432 g/mol. The van der Waals surface area contributed by atoms with Crippen molar-refractivity contribution >= 4 is 21.7 Å². The fraction of sp³-hybridized carbons (Fsp3) is 0.391. The maximum absolute atomic E-state index is 12.6. The van der Waals surface area contributed by atoms with E-state index in [1.54, 1.807) is 19.2 Å². The van der Waals surface area contributed by atoms with Crippen LogP contribution in [-0.2, 0) is 29.0 Å². The highest BCUT2D eigenvalue weighted by Gasteiger charge is 2.14. The molecule has 2 aromatic carbocycles. The zero-order valence-electron chi connectivity index (χ0n) is 18.5. The number of rotatable bonds is 14. The molecule has 0 bridgehead atoms. The van der Waals surface area contributed by atoms with Crippen LogP contribution in [0.15, 0.2) is 64.6 Å². The molecule has 0 aliphatic carbocycles. The highest BCUT2D eigenvalue weighted by molar-refractivity contribution is 7.89. The molecule has 0 amide bonds. The van der Waals surface area contributed by atoms with Crippen LogP contribution < -0.4 is 4.83 Å². The summed E-state index contributed by atoms with van der Waals surface area (Å²) in [5, 5.41) is 4.16. The minimum absolute atomic E-state index is 0.135. The summed E-state index contributed by atoms with van der Waals surface area (Å²) >= 11 is 0. The van der Waals surface area contributed by atoms with Crippen LogP contribution in [0.25, 0.3) is 0 Å². The third kappa shape index (κ3) is 9.17. The summed E-state index contributed by atoms with van der Waals surface area (Å²) in [6, 6.07) is 15.8. The Balaban J connectivity index is 1.92. The van der Waals surface area contributed by atoms with Crippen molar-refractivity contribution in [1.82, 2.24) is 4.83 Å². The molecule has 0 saturated carbocycles. The fourth-order valence-electron chi connectivity index (χ4n) is 2.71. The average Bonchev–Trinajstić information content (AvgIpc) is 2.79. The fourth-order valence-corrected chi connectivity index (χ4v) is 3.54. The molecule has 0 radical (unpaired) electrons. The maximum Gasteiger partial charge on any atom is 0.305 e. The van der Waals surface area contributed by atoms with Gasteiger partial charge in [-0.1, -0.05) is 48.0 Å². The molecule has 0 aliphatic heterocycles. The third-order valence-corrected chi connectivity index (χ3v) is 5.68. The van der Waals surface area contributed by atoms with Gasteiger partial charge in [0.15, 0.2) is 0 Å². The number of hydrogen-bond acceptors (Lipinski definition) is 7. The predicted molar refractivity (Wildman–Crippen MR) is 122 cm³/mol. The zero-order valence-corrected chi connectivity index (χ0v) is 19.3. The predicted octanol–water partition coefficient (Wildman–Crippen LogP) is 3.05. The maximum atomic E-state index is 12.6. The first kappa shape index (κ1) is 25.5. The molecule has 2 aromatic rings. The van der Waals surface area contributed by atoms with E-state index in [0.717, 1.165) is 11.1 Å². The quantitative estimate of drug-likeness (QED) is 0.200. The molecule has 8 nitrogen and oxygen atoms in total. The van der Waals surface area contributed by atoms with Crippen molar-refractivity contribution < 1.29 is 27.4 Å². The van der Waals surface area contributed by atoms with Crippen molar-refractivity contribution in [1.29, 1.82) is 0 Å². The smallest absolute Gasteiger partial charge is 0.305 e. The van der Waals surface area contributed by atoms with Gasteiger partial charge < -0.3 is 14.2 Å². The molecule has 1 N–H and O–H groups in total. The Kier molecular flexibility index (Phi) is 10.9. The topological polar surface area (TPSA) is 103 Å². The highest BCUT2D eigenvalue weighted by Crippen LogP contribution is 2.12. The Morgan fingerprint density at radius 1 is 0.938 bits per heavy atom. The van der Waals surface area contributed by atoms with Crippen LogP contribution in [0, 0.1) is 6.92 Å². The number of carbonyl (C=O) groups excluding carboxylic acids is 1. The minimum atomic E-state index is -3.80. The van der Waals surface area contributed by atoms with Gasteiger partial charge in [0.1, 0.15) is 6.61 Å². The van der Waals surface area contributed by atoms with Gasteiger partial charge in [0, 0.05) is 13.5 Å². The first-order valence-corrected chi connectivity index (χ1v) is 11.8. The van der Waals surface area contributed by atoms with E-state index in [1.807, 2.05) is 37.3 Å². The number of methoxy groups -OCH3 is 1. The van der Waals surface area contributed by atoms with Crippen LogP contribution in [0.5, 0.6) is 0 Å². The van der Waals surface area contributed by atoms with E-state index in [2.05, 4.69) is 9.93 Å². The number of esters is 1. The van der Waals surface area contributed by atoms with E-state index in [1.165, 1.54) is 12.1 Å². The Morgan fingerprint density at radius 2 is 1.62 bits per heavy atom. The third-order valence-electron chi connectivity index (χ3n) is 4.46. The van der Waals surface area contributed by atoms with Crippen molar-refractivity contribution in [2.75, 3.05) is 33.5 Å². The van der Waals surface area contributed by atoms with E-state index in [4.69, 9.17) is 14.2 Å². The lowest BCUT2D eigenvalue weighted by atomic mass is 10.0. The van der Waals surface area contributed by atoms with Crippen LogP contribution in [0.1, 0.15) is 30.4 Å². The molecule has 0 aliphatic rings. The van der Waals surface area contributed by atoms with Crippen LogP contribution in [0.2, 0.25) is 0 Å². The van der Waals surface area contributed by atoms with E-state index in [-0.39, 0.29) is 23.9 Å². The van der Waals surface area contributed by atoms with E-state index in [9.17, 15) is 13.2 Å². The van der Waals surface area contributed by atoms with Crippen LogP contribution >= 0.6 is 0 Å². The number of ether oxygens (including phenoxy) is 3. The molecule has 0 atom stereocenters. The summed E-state index contributed by atoms with van der Waals surface area (Å²) in [6.07, 6.45) is 1.05. The molecule has 9 heteroatoms. The lowest BCUT2D eigenvalue weighted by molar-refractivity contribution is -0.145. The van der Waals surface area contributed by atoms with E-state index >= 15 is 0 Å². The number of nitrogens with zero attached hydrogens (tertiary/aromatic N) is 1. The van der Waals surface area contributed by atoms with Crippen molar-refractivity contribution in [3.8, 4) is 0 Å². The number of aryl methyl sites for hydroxylation is 1. The standard InChI is InChI=1S/C23H30N2O6S/c1-19-11-13-21(14-12-19)32(27,28)25-24-22(20-7-4-3-5-8-20)9-6-10-23(26)31-18-17-30-16-15-29-2/h3-5,7-8,11-14,25H,6,9-10,15-18H2,1-2H3. The van der Waals surface area contributed by atoms with Gasteiger partial charge in [-0.15, -0.1) is 0 Å². The molecule has 32 heavy (non-hydrogen) atoms. The van der Waals surface area contributed by atoms with Gasteiger partial charge in [-0.05, 0) is 37.5 Å². The Hall–Kier alpha value is -2.75. The van der Waals surface area contributed by atoms with E-state index in [0.29, 0.717) is 38.4 Å². The summed E-state index contributed by atoms with van der Waals surface area (Å²) in [6.45, 7) is 3.31. The monoisotopic (exact) mass is 462 g/mol. The SMILES string of the molecule is COCCOCCOC(=O)CCCC(=NNS(=O)(=O)c1ccc(C)cc1)c1ccccc1. The van der Waals surface area contributed by atoms with Gasteiger partial charge in [-0.25, -0.2) is 0 Å². The largest absolute Gasteiger partial charge is 0.463 e. The van der Waals surface area contributed by atoms with Crippen LogP contribution in [0.3, 0.4) is 0 Å². The van der Waals surface area contributed by atoms with Crippen LogP contribution in [0.4, 0.5) is 0 Å². The number of nitrogens with one attached hydrogen (secondary N) is 1. The molecule has 0 fully saturated rings. The number of sulfonamides is 1. The second-order valence-corrected chi connectivity index (χ2v) is 8.67. The number of hydrazone groups is 1. The van der Waals surface area contributed by atoms with Gasteiger partial charge in [-0.3, -0.25) is 4.79 Å². The number of carbonyl (C=O) groups is 1. The molecule has 2 rings (SSSR count). The number of hydrogen-bond donors (Lipinski definition) is 1. The van der Waals surface area contributed by atoms with Gasteiger partial charge in [0.2, 0.25) is 0 Å². The van der Waals surface area contributed by atoms with Crippen molar-refractivity contribution in [3.63, 3.8) is 0 Å². The minimum Gasteiger partial charge on any atom is -0.463 e. The Labute approximate surface area is 189 Å². The molecule has 0 aromatic heterocycles. The first-order valence-electron chi connectivity index (χ1n) is 10.3. The van der Waals surface area contributed by atoms with E-state index < -0.39 is 10.0 Å². The lowest BCUT2D eigenvalue weighted by Gasteiger charge is -2.10. The molecule has 0 spiro atoms. The number of benzene rings is 2. The van der Waals surface area contributed by atoms with Crippen molar-refractivity contribution in [3.05, 3.63) is 65.7 Å². The van der Waals surface area contributed by atoms with Gasteiger partial charge in [0.25, 0.3) is 10.0 Å². The van der Waals surface area contributed by atoms with Crippen LogP contribution in [-0.4, -0.2) is 53.6 Å². The molecule has 0 heterocycles. The van der Waals surface area contributed by atoms with Crippen molar-refractivity contribution in [2.45, 2.75) is 31.1 Å². The molecule has 0 saturated heterocycles. The van der Waals surface area contributed by atoms with Gasteiger partial charge >= 0.3 is 5.97 Å².